The van der Waals surface area contributed by atoms with E-state index in [0.717, 1.165) is 37.1 Å². The van der Waals surface area contributed by atoms with Gasteiger partial charge in [-0.15, -0.1) is 24.2 Å². The fourth-order valence-corrected chi connectivity index (χ4v) is 3.91. The molecule has 2 atom stereocenters. The molecular weight excluding hydrogens is 378 g/mol. The van der Waals surface area contributed by atoms with Gasteiger partial charge >= 0.3 is 0 Å². The lowest BCUT2D eigenvalue weighted by Gasteiger charge is -2.19. The van der Waals surface area contributed by atoms with Crippen molar-refractivity contribution in [2.24, 2.45) is 0 Å². The Hall–Kier alpha value is -1.63. The summed E-state index contributed by atoms with van der Waals surface area (Å²) in [6.07, 6.45) is 2.17. The lowest BCUT2D eigenvalue weighted by Crippen LogP contribution is -2.38. The molecule has 2 aromatic rings. The van der Waals surface area contributed by atoms with Gasteiger partial charge in [0.1, 0.15) is 5.25 Å². The first-order valence-corrected chi connectivity index (χ1v) is 9.19. The Morgan fingerprint density at radius 3 is 2.62 bits per heavy atom. The molecule has 0 aromatic heterocycles. The van der Waals surface area contributed by atoms with Gasteiger partial charge in [0.2, 0.25) is 5.91 Å². The summed E-state index contributed by atoms with van der Waals surface area (Å²) >= 11 is 1.22. The number of carbonyl (C=O) groups is 1. The molecular formula is C19H21ClF2N2OS. The van der Waals surface area contributed by atoms with Crippen molar-refractivity contribution in [3.63, 3.8) is 0 Å². The van der Waals surface area contributed by atoms with Crippen LogP contribution in [-0.4, -0.2) is 25.0 Å². The maximum atomic E-state index is 13.5. The summed E-state index contributed by atoms with van der Waals surface area (Å²) in [4.78, 5) is 13.2. The van der Waals surface area contributed by atoms with E-state index in [1.807, 2.05) is 30.3 Å². The average Bonchev–Trinajstić information content (AvgIpc) is 3.15. The van der Waals surface area contributed by atoms with E-state index in [9.17, 15) is 13.6 Å². The van der Waals surface area contributed by atoms with E-state index in [1.165, 1.54) is 17.8 Å². The van der Waals surface area contributed by atoms with Crippen molar-refractivity contribution in [1.29, 1.82) is 0 Å². The van der Waals surface area contributed by atoms with Crippen molar-refractivity contribution in [2.45, 2.75) is 29.0 Å². The molecule has 7 heteroatoms. The largest absolute Gasteiger partial charge is 0.353 e. The number of hydrogen-bond donors (Lipinski definition) is 2. The molecule has 1 aliphatic rings. The first-order chi connectivity index (χ1) is 12.1. The fourth-order valence-electron chi connectivity index (χ4n) is 2.83. The lowest BCUT2D eigenvalue weighted by atomic mass is 10.1. The minimum Gasteiger partial charge on any atom is -0.353 e. The SMILES string of the molecule is Cl.O=C(NCC1CCCN1)C(Sc1ccc(F)c(F)c1)c1ccccc1. The molecule has 2 N–H and O–H groups in total. The predicted octanol–water partition coefficient (Wildman–Crippen LogP) is 4.09. The van der Waals surface area contributed by atoms with Gasteiger partial charge in [-0.3, -0.25) is 4.79 Å². The molecule has 0 radical (unpaired) electrons. The summed E-state index contributed by atoms with van der Waals surface area (Å²) in [7, 11) is 0. The molecule has 1 amide bonds. The second-order valence-corrected chi connectivity index (χ2v) is 7.20. The Bertz CT molecular complexity index is 727. The van der Waals surface area contributed by atoms with Crippen molar-refractivity contribution in [3.05, 3.63) is 65.7 Å². The zero-order valence-corrected chi connectivity index (χ0v) is 15.7. The highest BCUT2D eigenvalue weighted by Gasteiger charge is 2.24. The quantitative estimate of drug-likeness (QED) is 0.720. The zero-order valence-electron chi connectivity index (χ0n) is 14.1. The van der Waals surface area contributed by atoms with Crippen LogP contribution in [0, 0.1) is 11.6 Å². The van der Waals surface area contributed by atoms with Crippen molar-refractivity contribution in [3.8, 4) is 0 Å². The Morgan fingerprint density at radius 2 is 1.96 bits per heavy atom. The third kappa shape index (κ3) is 5.43. The summed E-state index contributed by atoms with van der Waals surface area (Å²) in [5, 5.41) is 5.80. The normalized spacial score (nSPS) is 17.4. The van der Waals surface area contributed by atoms with Crippen molar-refractivity contribution >= 4 is 30.1 Å². The molecule has 1 aliphatic heterocycles. The molecule has 0 aliphatic carbocycles. The number of nitrogens with one attached hydrogen (secondary N) is 2. The molecule has 1 saturated heterocycles. The second-order valence-electron chi connectivity index (χ2n) is 6.02. The number of benzene rings is 2. The second kappa shape index (κ2) is 9.90. The molecule has 3 rings (SSSR count). The van der Waals surface area contributed by atoms with Crippen LogP contribution in [0.1, 0.15) is 23.7 Å². The summed E-state index contributed by atoms with van der Waals surface area (Å²) < 4.78 is 26.6. The van der Waals surface area contributed by atoms with Gasteiger partial charge in [0, 0.05) is 17.5 Å². The smallest absolute Gasteiger partial charge is 0.238 e. The van der Waals surface area contributed by atoms with E-state index in [4.69, 9.17) is 0 Å². The van der Waals surface area contributed by atoms with Crippen LogP contribution in [0.15, 0.2) is 53.4 Å². The lowest BCUT2D eigenvalue weighted by molar-refractivity contribution is -0.120. The van der Waals surface area contributed by atoms with Gasteiger partial charge in [0.05, 0.1) is 0 Å². The van der Waals surface area contributed by atoms with Gasteiger partial charge < -0.3 is 10.6 Å². The van der Waals surface area contributed by atoms with Crippen LogP contribution < -0.4 is 10.6 Å². The van der Waals surface area contributed by atoms with Gasteiger partial charge in [-0.1, -0.05) is 30.3 Å². The minimum atomic E-state index is -0.910. The third-order valence-electron chi connectivity index (χ3n) is 4.17. The number of hydrogen-bond acceptors (Lipinski definition) is 3. The molecule has 140 valence electrons. The van der Waals surface area contributed by atoms with Crippen LogP contribution in [0.5, 0.6) is 0 Å². The van der Waals surface area contributed by atoms with Gasteiger partial charge in [0.15, 0.2) is 11.6 Å². The summed E-state index contributed by atoms with van der Waals surface area (Å²) in [6.45, 7) is 1.55. The summed E-state index contributed by atoms with van der Waals surface area (Å²) in [6, 6.07) is 13.3. The number of thioether (sulfide) groups is 1. The Kier molecular flexibility index (Phi) is 7.87. The van der Waals surface area contributed by atoms with E-state index < -0.39 is 16.9 Å². The number of rotatable bonds is 6. The number of carbonyl (C=O) groups excluding carboxylic acids is 1. The van der Waals surface area contributed by atoms with E-state index in [-0.39, 0.29) is 18.3 Å². The van der Waals surface area contributed by atoms with Crippen LogP contribution >= 0.6 is 24.2 Å². The fraction of sp³-hybridized carbons (Fsp3) is 0.316. The van der Waals surface area contributed by atoms with E-state index in [1.54, 1.807) is 0 Å². The number of halogens is 3. The van der Waals surface area contributed by atoms with Gasteiger partial charge in [-0.05, 0) is 43.1 Å². The Balaban J connectivity index is 0.00000243. The highest BCUT2D eigenvalue weighted by Crippen LogP contribution is 2.36. The van der Waals surface area contributed by atoms with Crippen LogP contribution in [0.3, 0.4) is 0 Å². The molecule has 0 saturated carbocycles. The number of amides is 1. The topological polar surface area (TPSA) is 41.1 Å². The van der Waals surface area contributed by atoms with Gasteiger partial charge in [-0.2, -0.15) is 0 Å². The molecule has 1 fully saturated rings. The van der Waals surface area contributed by atoms with E-state index in [2.05, 4.69) is 10.6 Å². The molecule has 1 heterocycles. The van der Waals surface area contributed by atoms with Crippen LogP contribution in [-0.2, 0) is 4.79 Å². The van der Waals surface area contributed by atoms with Crippen LogP contribution in [0.25, 0.3) is 0 Å². The summed E-state index contributed by atoms with van der Waals surface area (Å²) in [5.41, 5.74) is 0.828. The first kappa shape index (κ1) is 20.7. The van der Waals surface area contributed by atoms with Crippen LogP contribution in [0.4, 0.5) is 8.78 Å². The monoisotopic (exact) mass is 398 g/mol. The van der Waals surface area contributed by atoms with Crippen molar-refractivity contribution in [2.75, 3.05) is 13.1 Å². The average molecular weight is 399 g/mol. The zero-order chi connectivity index (χ0) is 17.6. The molecule has 2 unspecified atom stereocenters. The molecule has 0 bridgehead atoms. The van der Waals surface area contributed by atoms with Gasteiger partial charge in [0.25, 0.3) is 0 Å². The highest BCUT2D eigenvalue weighted by molar-refractivity contribution is 8.00. The molecule has 0 spiro atoms. The Labute approximate surface area is 162 Å². The molecule has 3 nitrogen and oxygen atoms in total. The highest BCUT2D eigenvalue weighted by atomic mass is 35.5. The van der Waals surface area contributed by atoms with E-state index in [0.29, 0.717) is 17.5 Å². The standard InChI is InChI=1S/C19H20F2N2OS.ClH/c20-16-9-8-15(11-17(16)21)25-18(13-5-2-1-3-6-13)19(24)23-12-14-7-4-10-22-14;/h1-3,5-6,8-9,11,14,18,22H,4,7,10,12H2,(H,23,24);1H. The minimum absolute atomic E-state index is 0. The molecule has 2 aromatic carbocycles. The maximum absolute atomic E-state index is 13.5. The molecule has 26 heavy (non-hydrogen) atoms. The van der Waals surface area contributed by atoms with E-state index >= 15 is 0 Å². The summed E-state index contributed by atoms with van der Waals surface area (Å²) in [5.74, 6) is -1.93. The van der Waals surface area contributed by atoms with Gasteiger partial charge in [-0.25, -0.2) is 8.78 Å². The van der Waals surface area contributed by atoms with Crippen molar-refractivity contribution in [1.82, 2.24) is 10.6 Å². The predicted molar refractivity (Wildman–Crippen MR) is 103 cm³/mol. The maximum Gasteiger partial charge on any atom is 0.238 e. The van der Waals surface area contributed by atoms with Crippen molar-refractivity contribution < 1.29 is 13.6 Å². The van der Waals surface area contributed by atoms with Crippen LogP contribution in [0.2, 0.25) is 0 Å². The third-order valence-corrected chi connectivity index (χ3v) is 5.42. The first-order valence-electron chi connectivity index (χ1n) is 8.31. The Morgan fingerprint density at radius 1 is 1.19 bits per heavy atom.